The van der Waals surface area contributed by atoms with Crippen molar-refractivity contribution in [3.05, 3.63) is 0 Å². The molecule has 0 aliphatic carbocycles. The highest BCUT2D eigenvalue weighted by atomic mass is 16.7. The van der Waals surface area contributed by atoms with Crippen LogP contribution in [0.1, 0.15) is 60.7 Å². The SMILES string of the molecule is CCC.CCNC(=O)CCCC(=O)ON1C(=O)CCC1=O.[HH]. The molecule has 1 fully saturated rings. The van der Waals surface area contributed by atoms with Crippen molar-refractivity contribution in [3.8, 4) is 0 Å². The molecule has 1 rings (SSSR count). The minimum Gasteiger partial charge on any atom is -0.356 e. The molecule has 1 aliphatic rings. The summed E-state index contributed by atoms with van der Waals surface area (Å²) in [5, 5.41) is 3.11. The summed E-state index contributed by atoms with van der Waals surface area (Å²) in [7, 11) is 0. The molecule has 0 aromatic carbocycles. The summed E-state index contributed by atoms with van der Waals surface area (Å²) in [5.41, 5.74) is 0. The topological polar surface area (TPSA) is 92.8 Å². The normalized spacial score (nSPS) is 13.6. The largest absolute Gasteiger partial charge is 0.356 e. The fraction of sp³-hybridized carbons (Fsp3) is 0.714. The number of nitrogens with zero attached hydrogens (tertiary/aromatic N) is 1. The highest BCUT2D eigenvalue weighted by molar-refractivity contribution is 6.01. The molecule has 0 spiro atoms. The van der Waals surface area contributed by atoms with Crippen molar-refractivity contribution in [1.29, 1.82) is 0 Å². The van der Waals surface area contributed by atoms with Crippen LogP contribution in [0.25, 0.3) is 0 Å². The van der Waals surface area contributed by atoms with Gasteiger partial charge in [0.15, 0.2) is 0 Å². The van der Waals surface area contributed by atoms with Crippen LogP contribution in [0.15, 0.2) is 0 Å². The van der Waals surface area contributed by atoms with Gasteiger partial charge in [-0.2, -0.15) is 0 Å². The van der Waals surface area contributed by atoms with E-state index in [1.165, 1.54) is 6.42 Å². The van der Waals surface area contributed by atoms with E-state index in [1.807, 2.05) is 0 Å². The molecule has 0 saturated carbocycles. The maximum atomic E-state index is 11.3. The van der Waals surface area contributed by atoms with Gasteiger partial charge in [-0.05, 0) is 13.3 Å². The zero-order valence-electron chi connectivity index (χ0n) is 12.9. The molecule has 1 saturated heterocycles. The van der Waals surface area contributed by atoms with E-state index in [0.717, 1.165) is 0 Å². The molecular formula is C14H26N2O5. The summed E-state index contributed by atoms with van der Waals surface area (Å²) < 4.78 is 0. The van der Waals surface area contributed by atoms with Crippen LogP contribution >= 0.6 is 0 Å². The van der Waals surface area contributed by atoms with Crippen molar-refractivity contribution in [1.82, 2.24) is 10.4 Å². The van der Waals surface area contributed by atoms with Gasteiger partial charge in [0, 0.05) is 33.7 Å². The lowest BCUT2D eigenvalue weighted by atomic mass is 10.2. The van der Waals surface area contributed by atoms with Crippen LogP contribution in [-0.2, 0) is 24.0 Å². The molecule has 1 heterocycles. The first-order valence-corrected chi connectivity index (χ1v) is 7.29. The average molecular weight is 302 g/mol. The van der Waals surface area contributed by atoms with Gasteiger partial charge in [-0.15, -0.1) is 5.06 Å². The minimum absolute atomic E-state index is 0. The molecule has 1 aliphatic heterocycles. The number of imide groups is 1. The third-order valence-corrected chi connectivity index (χ3v) is 2.36. The number of hydroxylamine groups is 2. The Kier molecular flexibility index (Phi) is 9.83. The van der Waals surface area contributed by atoms with Gasteiger partial charge < -0.3 is 10.2 Å². The van der Waals surface area contributed by atoms with Gasteiger partial charge in [-0.25, -0.2) is 4.79 Å². The number of carbonyl (C=O) groups is 4. The van der Waals surface area contributed by atoms with Crippen molar-refractivity contribution >= 4 is 23.7 Å². The fourth-order valence-electron chi connectivity index (χ4n) is 1.48. The van der Waals surface area contributed by atoms with Crippen LogP contribution in [0.4, 0.5) is 0 Å². The van der Waals surface area contributed by atoms with Gasteiger partial charge >= 0.3 is 5.97 Å². The Bertz CT molecular complexity index is 371. The van der Waals surface area contributed by atoms with Crippen LogP contribution in [0.3, 0.4) is 0 Å². The maximum Gasteiger partial charge on any atom is 0.333 e. The van der Waals surface area contributed by atoms with E-state index < -0.39 is 17.8 Å². The zero-order valence-corrected chi connectivity index (χ0v) is 12.9. The van der Waals surface area contributed by atoms with E-state index in [1.54, 1.807) is 6.92 Å². The third kappa shape index (κ3) is 8.06. The summed E-state index contributed by atoms with van der Waals surface area (Å²) in [6.45, 7) is 6.59. The summed E-state index contributed by atoms with van der Waals surface area (Å²) in [4.78, 5) is 49.4. The Hall–Kier alpha value is -1.92. The van der Waals surface area contributed by atoms with E-state index in [-0.39, 0.29) is 33.0 Å². The summed E-state index contributed by atoms with van der Waals surface area (Å²) in [6.07, 6.45) is 1.93. The number of rotatable bonds is 6. The first kappa shape index (κ1) is 19.1. The Morgan fingerprint density at radius 3 is 2.14 bits per heavy atom. The molecule has 0 bridgehead atoms. The zero-order chi connectivity index (χ0) is 16.3. The number of carbonyl (C=O) groups excluding carboxylic acids is 4. The predicted molar refractivity (Wildman–Crippen MR) is 77.8 cm³/mol. The number of hydrogen-bond acceptors (Lipinski definition) is 5. The Balaban J connectivity index is 0. The minimum atomic E-state index is -0.678. The van der Waals surface area contributed by atoms with Crippen LogP contribution in [0.2, 0.25) is 0 Å². The first-order valence-electron chi connectivity index (χ1n) is 7.29. The predicted octanol–water partition coefficient (Wildman–Crippen LogP) is 1.56. The quantitative estimate of drug-likeness (QED) is 0.752. The number of hydrogen-bond donors (Lipinski definition) is 1. The van der Waals surface area contributed by atoms with Gasteiger partial charge in [0.05, 0.1) is 0 Å². The molecule has 122 valence electrons. The molecule has 1 N–H and O–H groups in total. The Labute approximate surface area is 126 Å². The second-order valence-electron chi connectivity index (χ2n) is 4.56. The molecule has 0 atom stereocenters. The van der Waals surface area contributed by atoms with Crippen LogP contribution < -0.4 is 5.32 Å². The van der Waals surface area contributed by atoms with Crippen molar-refractivity contribution in [2.45, 2.75) is 59.3 Å². The standard InChI is InChI=1S/C11H16N2O5.C3H8.H2/c1-2-12-8(14)4-3-5-11(17)18-13-9(15)6-7-10(13)16;1-3-2;/h2-7H2,1H3,(H,12,14);3H2,1-2H3;1H. The highest BCUT2D eigenvalue weighted by Crippen LogP contribution is 2.13. The van der Waals surface area contributed by atoms with Crippen LogP contribution in [0.5, 0.6) is 0 Å². The van der Waals surface area contributed by atoms with Gasteiger partial charge in [-0.1, -0.05) is 20.3 Å². The van der Waals surface area contributed by atoms with Gasteiger partial charge in [0.25, 0.3) is 11.8 Å². The summed E-state index contributed by atoms with van der Waals surface area (Å²) in [6, 6.07) is 0. The average Bonchev–Trinajstić information content (AvgIpc) is 2.72. The fourth-order valence-corrected chi connectivity index (χ4v) is 1.48. The van der Waals surface area contributed by atoms with E-state index in [9.17, 15) is 19.2 Å². The Morgan fingerprint density at radius 2 is 1.67 bits per heavy atom. The monoisotopic (exact) mass is 302 g/mol. The molecule has 0 radical (unpaired) electrons. The van der Waals surface area contributed by atoms with Gasteiger partial charge in [0.1, 0.15) is 0 Å². The van der Waals surface area contributed by atoms with Crippen molar-refractivity contribution in [2.24, 2.45) is 0 Å². The smallest absolute Gasteiger partial charge is 0.333 e. The lowest BCUT2D eigenvalue weighted by molar-refractivity contribution is -0.197. The van der Waals surface area contributed by atoms with E-state index in [4.69, 9.17) is 0 Å². The second-order valence-corrected chi connectivity index (χ2v) is 4.56. The first-order chi connectivity index (χ1) is 9.96. The molecule has 0 aromatic heterocycles. The van der Waals surface area contributed by atoms with Gasteiger partial charge in [0.2, 0.25) is 5.91 Å². The molecule has 21 heavy (non-hydrogen) atoms. The van der Waals surface area contributed by atoms with E-state index in [0.29, 0.717) is 18.0 Å². The second kappa shape index (κ2) is 10.8. The van der Waals surface area contributed by atoms with Crippen molar-refractivity contribution in [3.63, 3.8) is 0 Å². The lowest BCUT2D eigenvalue weighted by Gasteiger charge is -2.12. The highest BCUT2D eigenvalue weighted by Gasteiger charge is 2.32. The van der Waals surface area contributed by atoms with E-state index in [2.05, 4.69) is 24.0 Å². The third-order valence-electron chi connectivity index (χ3n) is 2.36. The summed E-state index contributed by atoms with van der Waals surface area (Å²) in [5.74, 6) is -1.82. The van der Waals surface area contributed by atoms with Crippen molar-refractivity contribution in [2.75, 3.05) is 6.54 Å². The van der Waals surface area contributed by atoms with Gasteiger partial charge in [-0.3, -0.25) is 14.4 Å². The van der Waals surface area contributed by atoms with Crippen molar-refractivity contribution < 1.29 is 25.4 Å². The number of nitrogens with one attached hydrogen (secondary N) is 1. The molecule has 7 nitrogen and oxygen atoms in total. The number of amides is 3. The van der Waals surface area contributed by atoms with E-state index >= 15 is 0 Å². The maximum absolute atomic E-state index is 11.3. The molecule has 7 heteroatoms. The molecule has 0 aromatic rings. The molecule has 0 unspecified atom stereocenters. The Morgan fingerprint density at radius 1 is 1.14 bits per heavy atom. The van der Waals surface area contributed by atoms with Crippen LogP contribution in [0, 0.1) is 0 Å². The lowest BCUT2D eigenvalue weighted by Crippen LogP contribution is -2.32. The molecule has 3 amide bonds. The molecular weight excluding hydrogens is 276 g/mol. The van der Waals surface area contributed by atoms with Crippen LogP contribution in [-0.4, -0.2) is 35.3 Å². The summed E-state index contributed by atoms with van der Waals surface area (Å²) >= 11 is 0.